The van der Waals surface area contributed by atoms with Crippen molar-refractivity contribution in [2.24, 2.45) is 5.73 Å². The van der Waals surface area contributed by atoms with Gasteiger partial charge in [-0.2, -0.15) is 4.98 Å². The van der Waals surface area contributed by atoms with Gasteiger partial charge in [-0.1, -0.05) is 18.0 Å². The van der Waals surface area contributed by atoms with Crippen LogP contribution in [0.25, 0.3) is 0 Å². The minimum atomic E-state index is -0.319. The van der Waals surface area contributed by atoms with Gasteiger partial charge in [0, 0.05) is 5.92 Å². The fraction of sp³-hybridized carbons (Fsp3) is 0.800. The maximum atomic E-state index is 6.22. The van der Waals surface area contributed by atoms with Gasteiger partial charge in [0.2, 0.25) is 5.89 Å². The van der Waals surface area contributed by atoms with Crippen LogP contribution in [0, 0.1) is 0 Å². The Morgan fingerprint density at radius 1 is 1.29 bits per heavy atom. The van der Waals surface area contributed by atoms with Crippen molar-refractivity contribution in [3.63, 3.8) is 0 Å². The van der Waals surface area contributed by atoms with E-state index in [1.54, 1.807) is 0 Å². The zero-order chi connectivity index (χ0) is 9.60. The Kier molecular flexibility index (Phi) is 1.68. The van der Waals surface area contributed by atoms with Crippen LogP contribution in [-0.4, -0.2) is 10.1 Å². The van der Waals surface area contributed by atoms with Crippen molar-refractivity contribution < 1.29 is 4.52 Å². The molecule has 2 N–H and O–H groups in total. The molecule has 0 unspecified atom stereocenters. The molecule has 2 aliphatic rings. The topological polar surface area (TPSA) is 64.9 Å². The van der Waals surface area contributed by atoms with Crippen molar-refractivity contribution in [1.82, 2.24) is 10.1 Å². The van der Waals surface area contributed by atoms with Gasteiger partial charge in [-0.15, -0.1) is 0 Å². The van der Waals surface area contributed by atoms with Gasteiger partial charge in [0.25, 0.3) is 0 Å². The number of hydrogen-bond donors (Lipinski definition) is 1. The molecule has 1 aromatic rings. The standard InChI is InChI=1S/C10H15N3O/c11-10(5-1-2-6-10)9-12-8(13-14-9)7-3-4-7/h7H,1-6,11H2. The van der Waals surface area contributed by atoms with Crippen LogP contribution < -0.4 is 5.73 Å². The average Bonchev–Trinajstić information content (AvgIpc) is 2.75. The molecule has 0 saturated heterocycles. The van der Waals surface area contributed by atoms with E-state index >= 15 is 0 Å². The highest BCUT2D eigenvalue weighted by atomic mass is 16.5. The lowest BCUT2D eigenvalue weighted by atomic mass is 9.99. The third-order valence-corrected chi connectivity index (χ3v) is 3.31. The SMILES string of the molecule is NC1(c2nc(C3CC3)no2)CCCC1. The van der Waals surface area contributed by atoms with Crippen molar-refractivity contribution in [2.75, 3.05) is 0 Å². The molecule has 76 valence electrons. The summed E-state index contributed by atoms with van der Waals surface area (Å²) in [6.45, 7) is 0. The number of nitrogens with zero attached hydrogens (tertiary/aromatic N) is 2. The largest absolute Gasteiger partial charge is 0.337 e. The molecule has 2 aliphatic carbocycles. The zero-order valence-corrected chi connectivity index (χ0v) is 8.20. The Balaban J connectivity index is 1.87. The van der Waals surface area contributed by atoms with Crippen LogP contribution in [-0.2, 0) is 5.54 Å². The van der Waals surface area contributed by atoms with Gasteiger partial charge >= 0.3 is 0 Å². The van der Waals surface area contributed by atoms with Crippen LogP contribution in [0.5, 0.6) is 0 Å². The first-order valence-corrected chi connectivity index (χ1v) is 5.41. The first-order chi connectivity index (χ1) is 6.78. The van der Waals surface area contributed by atoms with Crippen molar-refractivity contribution in [1.29, 1.82) is 0 Å². The van der Waals surface area contributed by atoms with E-state index in [1.165, 1.54) is 25.7 Å². The van der Waals surface area contributed by atoms with Crippen LogP contribution in [0.3, 0.4) is 0 Å². The summed E-state index contributed by atoms with van der Waals surface area (Å²) < 4.78 is 5.27. The second-order valence-electron chi connectivity index (χ2n) is 4.60. The fourth-order valence-electron chi connectivity index (χ4n) is 2.16. The molecule has 4 heteroatoms. The molecule has 0 bridgehead atoms. The predicted molar refractivity (Wildman–Crippen MR) is 50.6 cm³/mol. The minimum Gasteiger partial charge on any atom is -0.337 e. The molecule has 0 radical (unpaired) electrons. The Bertz CT molecular complexity index is 337. The van der Waals surface area contributed by atoms with Crippen LogP contribution in [0.1, 0.15) is 56.2 Å². The second-order valence-corrected chi connectivity index (χ2v) is 4.60. The van der Waals surface area contributed by atoms with Gasteiger partial charge < -0.3 is 10.3 Å². The van der Waals surface area contributed by atoms with E-state index in [0.29, 0.717) is 11.8 Å². The van der Waals surface area contributed by atoms with Crippen molar-refractivity contribution in [3.8, 4) is 0 Å². The maximum Gasteiger partial charge on any atom is 0.246 e. The molecule has 2 fully saturated rings. The summed E-state index contributed by atoms with van der Waals surface area (Å²) in [5, 5.41) is 4.00. The van der Waals surface area contributed by atoms with E-state index in [4.69, 9.17) is 10.3 Å². The highest BCUT2D eigenvalue weighted by Crippen LogP contribution is 2.40. The van der Waals surface area contributed by atoms with E-state index in [2.05, 4.69) is 10.1 Å². The third kappa shape index (κ3) is 1.25. The summed E-state index contributed by atoms with van der Waals surface area (Å²) in [5.41, 5.74) is 5.90. The quantitative estimate of drug-likeness (QED) is 0.776. The van der Waals surface area contributed by atoms with E-state index < -0.39 is 0 Å². The molecule has 0 aromatic carbocycles. The van der Waals surface area contributed by atoms with E-state index in [0.717, 1.165) is 18.7 Å². The summed E-state index contributed by atoms with van der Waals surface area (Å²) in [6.07, 6.45) is 6.74. The Labute approximate surface area is 82.9 Å². The van der Waals surface area contributed by atoms with Gasteiger partial charge in [-0.25, -0.2) is 0 Å². The summed E-state index contributed by atoms with van der Waals surface area (Å²) in [4.78, 5) is 4.42. The Morgan fingerprint density at radius 2 is 2.00 bits per heavy atom. The fourth-order valence-corrected chi connectivity index (χ4v) is 2.16. The summed E-state index contributed by atoms with van der Waals surface area (Å²) in [6, 6.07) is 0. The monoisotopic (exact) mass is 193 g/mol. The molecular formula is C10H15N3O. The maximum absolute atomic E-state index is 6.22. The Hall–Kier alpha value is -0.900. The van der Waals surface area contributed by atoms with E-state index in [1.807, 2.05) is 0 Å². The zero-order valence-electron chi connectivity index (χ0n) is 8.20. The lowest BCUT2D eigenvalue weighted by Gasteiger charge is -2.17. The molecule has 1 heterocycles. The van der Waals surface area contributed by atoms with Gasteiger partial charge in [-0.05, 0) is 25.7 Å². The lowest BCUT2D eigenvalue weighted by Crippen LogP contribution is -2.33. The predicted octanol–water partition coefficient (Wildman–Crippen LogP) is 1.68. The normalized spacial score (nSPS) is 25.5. The highest BCUT2D eigenvalue weighted by Gasteiger charge is 2.38. The van der Waals surface area contributed by atoms with E-state index in [-0.39, 0.29) is 5.54 Å². The number of nitrogens with two attached hydrogens (primary N) is 1. The van der Waals surface area contributed by atoms with Crippen molar-refractivity contribution >= 4 is 0 Å². The van der Waals surface area contributed by atoms with Crippen molar-refractivity contribution in [2.45, 2.75) is 50.0 Å². The van der Waals surface area contributed by atoms with Crippen LogP contribution in [0.2, 0.25) is 0 Å². The third-order valence-electron chi connectivity index (χ3n) is 3.31. The van der Waals surface area contributed by atoms with Gasteiger partial charge in [0.05, 0.1) is 5.54 Å². The second kappa shape index (κ2) is 2.79. The number of hydrogen-bond acceptors (Lipinski definition) is 4. The van der Waals surface area contributed by atoms with Gasteiger partial charge in [0.15, 0.2) is 5.82 Å². The minimum absolute atomic E-state index is 0.319. The average molecular weight is 193 g/mol. The molecule has 2 saturated carbocycles. The molecule has 0 aliphatic heterocycles. The first-order valence-electron chi connectivity index (χ1n) is 5.41. The summed E-state index contributed by atoms with van der Waals surface area (Å²) in [5.74, 6) is 2.09. The molecule has 3 rings (SSSR count). The van der Waals surface area contributed by atoms with Crippen LogP contribution in [0.15, 0.2) is 4.52 Å². The molecule has 1 aromatic heterocycles. The molecular weight excluding hydrogens is 178 g/mol. The molecule has 14 heavy (non-hydrogen) atoms. The smallest absolute Gasteiger partial charge is 0.246 e. The molecule has 0 spiro atoms. The highest BCUT2D eigenvalue weighted by molar-refractivity contribution is 5.09. The van der Waals surface area contributed by atoms with Crippen LogP contribution >= 0.6 is 0 Å². The molecule has 0 amide bonds. The molecule has 0 atom stereocenters. The van der Waals surface area contributed by atoms with E-state index in [9.17, 15) is 0 Å². The van der Waals surface area contributed by atoms with Gasteiger partial charge in [0.1, 0.15) is 0 Å². The number of rotatable bonds is 2. The van der Waals surface area contributed by atoms with Crippen molar-refractivity contribution in [3.05, 3.63) is 11.7 Å². The van der Waals surface area contributed by atoms with Crippen LogP contribution in [0.4, 0.5) is 0 Å². The number of aromatic nitrogens is 2. The Morgan fingerprint density at radius 3 is 2.64 bits per heavy atom. The molecule has 4 nitrogen and oxygen atoms in total. The summed E-state index contributed by atoms with van der Waals surface area (Å²) >= 11 is 0. The summed E-state index contributed by atoms with van der Waals surface area (Å²) in [7, 11) is 0. The van der Waals surface area contributed by atoms with Gasteiger partial charge in [-0.3, -0.25) is 0 Å². The first kappa shape index (κ1) is 8.41. The lowest BCUT2D eigenvalue weighted by molar-refractivity contribution is 0.284.